The molecule has 4 amide bonds. The minimum atomic E-state index is -3.73. The Bertz CT molecular complexity index is 1200. The van der Waals surface area contributed by atoms with Crippen LogP contribution in [-0.2, 0) is 35.6 Å². The van der Waals surface area contributed by atoms with Crippen LogP contribution in [0, 0.1) is 30.6 Å². The molecule has 15 heteroatoms. The number of sulfone groups is 1. The second kappa shape index (κ2) is 17.9. The van der Waals surface area contributed by atoms with Crippen LogP contribution >= 0.6 is 0 Å². The van der Waals surface area contributed by atoms with Gasteiger partial charge in [0.05, 0.1) is 23.6 Å². The number of amides is 4. The Hall–Kier alpha value is -3.20. The first-order valence-electron chi connectivity index (χ1n) is 14.9. The second-order valence-corrected chi connectivity index (χ2v) is 14.8. The Labute approximate surface area is 260 Å². The molecule has 44 heavy (non-hydrogen) atoms. The van der Waals surface area contributed by atoms with E-state index in [1.54, 1.807) is 13.8 Å². The van der Waals surface area contributed by atoms with E-state index in [0.717, 1.165) is 6.26 Å². The van der Waals surface area contributed by atoms with Gasteiger partial charge in [-0.15, -0.1) is 0 Å². The molecule has 0 radical (unpaired) electrons. The van der Waals surface area contributed by atoms with Gasteiger partial charge in [-0.1, -0.05) is 48.5 Å². The molecule has 1 rings (SSSR count). The molecule has 0 saturated carbocycles. The van der Waals surface area contributed by atoms with Crippen molar-refractivity contribution in [2.45, 2.75) is 99.1 Å². The zero-order valence-electron chi connectivity index (χ0n) is 27.3. The molecule has 0 aromatic carbocycles. The van der Waals surface area contributed by atoms with Gasteiger partial charge in [0.1, 0.15) is 28.2 Å². The molecular weight excluding hydrogens is 594 g/mol. The number of oxazole rings is 1. The number of hydrogen-bond acceptors (Lipinski definition) is 10. The van der Waals surface area contributed by atoms with Gasteiger partial charge in [-0.05, 0) is 37.5 Å². The molecule has 252 valence electrons. The van der Waals surface area contributed by atoms with Crippen molar-refractivity contribution in [3.8, 4) is 0 Å². The summed E-state index contributed by atoms with van der Waals surface area (Å²) in [5.74, 6) is -2.83. The van der Waals surface area contributed by atoms with Crippen LogP contribution < -0.4 is 21.3 Å². The van der Waals surface area contributed by atoms with E-state index in [4.69, 9.17) is 9.15 Å². The lowest BCUT2D eigenvalue weighted by molar-refractivity contribution is -0.132. The van der Waals surface area contributed by atoms with E-state index in [9.17, 15) is 32.7 Å². The van der Waals surface area contributed by atoms with E-state index in [2.05, 4.69) is 26.3 Å². The molecule has 0 fully saturated rings. The molecule has 0 aliphatic carbocycles. The number of aryl methyl sites for hydroxylation is 1. The van der Waals surface area contributed by atoms with Gasteiger partial charge < -0.3 is 35.5 Å². The molecule has 0 unspecified atom stereocenters. The van der Waals surface area contributed by atoms with Gasteiger partial charge in [0.25, 0.3) is 0 Å². The number of aromatic nitrogens is 1. The van der Waals surface area contributed by atoms with E-state index in [1.165, 1.54) is 6.26 Å². The molecule has 0 aliphatic rings. The van der Waals surface area contributed by atoms with Crippen LogP contribution in [0.4, 0.5) is 4.79 Å². The predicted molar refractivity (Wildman–Crippen MR) is 164 cm³/mol. The third-order valence-corrected chi connectivity index (χ3v) is 7.50. The number of nitrogens with zero attached hydrogens (tertiary/aromatic N) is 1. The van der Waals surface area contributed by atoms with E-state index in [0.29, 0.717) is 18.7 Å². The number of carbonyl (C=O) groups is 4. The lowest BCUT2D eigenvalue weighted by Gasteiger charge is -2.30. The van der Waals surface area contributed by atoms with Crippen LogP contribution in [0.3, 0.4) is 0 Å². The minimum absolute atomic E-state index is 0.00425. The predicted octanol–water partition coefficient (Wildman–Crippen LogP) is 1.45. The van der Waals surface area contributed by atoms with Crippen LogP contribution in [0.5, 0.6) is 0 Å². The number of alkyl carbamates (subject to hydrolysis) is 1. The van der Waals surface area contributed by atoms with E-state index in [1.807, 2.05) is 41.5 Å². The van der Waals surface area contributed by atoms with Crippen molar-refractivity contribution in [3.05, 3.63) is 17.8 Å². The summed E-state index contributed by atoms with van der Waals surface area (Å²) in [6, 6.07) is -3.16. The Morgan fingerprint density at radius 1 is 0.932 bits per heavy atom. The smallest absolute Gasteiger partial charge is 0.408 e. The fraction of sp³-hybridized carbons (Fsp3) is 0.759. The number of aliphatic hydroxyl groups is 1. The standard InChI is InChI=1S/C29H51N5O9S/c1-16(2)10-21(23(35)11-19(7)26(36)34-25(18(5)6)28(38)30-12-17(3)4)32-27(37)22(15-44(9,40)41)33-29(39)43-14-24-31-20(8)13-42-24/h13,16-19,21-23,25,35H,10-12,14-15H2,1-9H3,(H,30,38)(H,32,37)(H,33,39)(H,34,36)/t19-,21+,22+,23+,25+/m1/s1. The molecule has 0 saturated heterocycles. The Morgan fingerprint density at radius 2 is 1.57 bits per heavy atom. The number of aliphatic hydroxyl groups excluding tert-OH is 1. The molecule has 14 nitrogen and oxygen atoms in total. The zero-order valence-corrected chi connectivity index (χ0v) is 28.1. The highest BCUT2D eigenvalue weighted by Crippen LogP contribution is 2.17. The van der Waals surface area contributed by atoms with E-state index in [-0.39, 0.29) is 42.6 Å². The van der Waals surface area contributed by atoms with Crippen LogP contribution in [0.1, 0.15) is 72.9 Å². The molecule has 1 aromatic rings. The summed E-state index contributed by atoms with van der Waals surface area (Å²) < 4.78 is 34.3. The molecule has 0 spiro atoms. The van der Waals surface area contributed by atoms with Crippen molar-refractivity contribution in [3.63, 3.8) is 0 Å². The monoisotopic (exact) mass is 645 g/mol. The lowest BCUT2D eigenvalue weighted by Crippen LogP contribution is -2.55. The van der Waals surface area contributed by atoms with Crippen molar-refractivity contribution in [2.24, 2.45) is 23.7 Å². The first-order chi connectivity index (χ1) is 20.3. The average Bonchev–Trinajstić information content (AvgIpc) is 3.31. The fourth-order valence-electron chi connectivity index (χ4n) is 4.25. The maximum Gasteiger partial charge on any atom is 0.408 e. The number of carbonyl (C=O) groups excluding carboxylic acids is 4. The highest BCUT2D eigenvalue weighted by molar-refractivity contribution is 7.90. The molecule has 0 bridgehead atoms. The molecule has 1 aromatic heterocycles. The van der Waals surface area contributed by atoms with Crippen LogP contribution in [0.25, 0.3) is 0 Å². The zero-order chi connectivity index (χ0) is 33.8. The van der Waals surface area contributed by atoms with Crippen molar-refractivity contribution >= 4 is 33.7 Å². The summed E-state index contributed by atoms with van der Waals surface area (Å²) in [6.07, 6.45) is 0.275. The number of nitrogens with one attached hydrogen (secondary N) is 4. The largest absolute Gasteiger partial charge is 0.445 e. The normalized spacial score (nSPS) is 15.3. The van der Waals surface area contributed by atoms with E-state index < -0.39 is 63.6 Å². The van der Waals surface area contributed by atoms with Gasteiger partial charge in [-0.25, -0.2) is 18.2 Å². The van der Waals surface area contributed by atoms with Crippen molar-refractivity contribution in [1.29, 1.82) is 0 Å². The molecular formula is C29H51N5O9S. The summed E-state index contributed by atoms with van der Waals surface area (Å²) in [5.41, 5.74) is 0.576. The Balaban J connectivity index is 2.95. The van der Waals surface area contributed by atoms with Gasteiger partial charge in [-0.3, -0.25) is 14.4 Å². The van der Waals surface area contributed by atoms with Crippen molar-refractivity contribution in [1.82, 2.24) is 26.3 Å². The summed E-state index contributed by atoms with van der Waals surface area (Å²) in [7, 11) is -3.73. The summed E-state index contributed by atoms with van der Waals surface area (Å²) in [4.78, 5) is 55.3. The maximum atomic E-state index is 13.2. The number of ether oxygens (including phenoxy) is 1. The van der Waals surface area contributed by atoms with Crippen molar-refractivity contribution in [2.75, 3.05) is 18.6 Å². The summed E-state index contributed by atoms with van der Waals surface area (Å²) >= 11 is 0. The van der Waals surface area contributed by atoms with Crippen LogP contribution in [0.2, 0.25) is 0 Å². The van der Waals surface area contributed by atoms with Gasteiger partial charge in [0.2, 0.25) is 23.6 Å². The highest BCUT2D eigenvalue weighted by Gasteiger charge is 2.33. The topological polar surface area (TPSA) is 206 Å². The van der Waals surface area contributed by atoms with Crippen LogP contribution in [0.15, 0.2) is 10.7 Å². The third-order valence-electron chi connectivity index (χ3n) is 6.56. The Kier molecular flexibility index (Phi) is 15.8. The summed E-state index contributed by atoms with van der Waals surface area (Å²) in [6.45, 7) is 14.7. The first kappa shape index (κ1) is 38.8. The maximum absolute atomic E-state index is 13.2. The Morgan fingerprint density at radius 3 is 2.07 bits per heavy atom. The second-order valence-electron chi connectivity index (χ2n) is 12.6. The minimum Gasteiger partial charge on any atom is -0.445 e. The first-order valence-corrected chi connectivity index (χ1v) is 16.9. The molecule has 5 N–H and O–H groups in total. The number of rotatable bonds is 18. The highest BCUT2D eigenvalue weighted by atomic mass is 32.2. The molecule has 1 heterocycles. The van der Waals surface area contributed by atoms with Gasteiger partial charge in [-0.2, -0.15) is 0 Å². The quantitative estimate of drug-likeness (QED) is 0.155. The van der Waals surface area contributed by atoms with Gasteiger partial charge in [0, 0.05) is 18.7 Å². The van der Waals surface area contributed by atoms with Crippen molar-refractivity contribution < 1.29 is 41.9 Å². The van der Waals surface area contributed by atoms with E-state index >= 15 is 0 Å². The van der Waals surface area contributed by atoms with Gasteiger partial charge >= 0.3 is 6.09 Å². The molecule has 0 aliphatic heterocycles. The summed E-state index contributed by atoms with van der Waals surface area (Å²) in [5, 5.41) is 21.6. The fourth-order valence-corrected chi connectivity index (χ4v) is 5.09. The SMILES string of the molecule is Cc1coc(COC(=O)N[C@@H](CS(C)(=O)=O)C(=O)N[C@@H](CC(C)C)[C@@H](O)C[C@@H](C)C(=O)N[C@H](C(=O)NCC(C)C)C(C)C)n1. The number of hydrogen-bond donors (Lipinski definition) is 5. The molecule has 5 atom stereocenters. The lowest BCUT2D eigenvalue weighted by atomic mass is 9.91. The third kappa shape index (κ3) is 15.0. The average molecular weight is 646 g/mol. The van der Waals surface area contributed by atoms with Gasteiger partial charge in [0.15, 0.2) is 6.61 Å². The van der Waals surface area contributed by atoms with Crippen LogP contribution in [-0.4, -0.2) is 85.1 Å².